The quantitative estimate of drug-likeness (QED) is 0.896. The summed E-state index contributed by atoms with van der Waals surface area (Å²) in [6, 6.07) is 2.06. The zero-order chi connectivity index (χ0) is 11.9. The molecule has 2 aliphatic rings. The molecule has 1 aromatic rings. The van der Waals surface area contributed by atoms with Gasteiger partial charge in [-0.25, -0.2) is 0 Å². The molecular formula is C13H19ClN2OS. The zero-order valence-corrected chi connectivity index (χ0v) is 12.0. The number of aryl methyl sites for hydroxylation is 2. The molecule has 3 rings (SSSR count). The average molecular weight is 287 g/mol. The number of halogens is 1. The molecule has 0 radical (unpaired) electrons. The monoisotopic (exact) mass is 286 g/mol. The lowest BCUT2D eigenvalue weighted by Gasteiger charge is -2.38. The van der Waals surface area contributed by atoms with Crippen molar-refractivity contribution in [1.29, 1.82) is 0 Å². The second-order valence-corrected chi connectivity index (χ2v) is 6.45. The Balaban J connectivity index is 0.00000120. The highest BCUT2D eigenvalue weighted by molar-refractivity contribution is 7.14. The topological polar surface area (TPSA) is 55.1 Å². The van der Waals surface area contributed by atoms with E-state index in [0.717, 1.165) is 30.6 Å². The van der Waals surface area contributed by atoms with E-state index in [1.54, 1.807) is 11.3 Å². The summed E-state index contributed by atoms with van der Waals surface area (Å²) in [7, 11) is 0. The summed E-state index contributed by atoms with van der Waals surface area (Å²) in [5, 5.41) is 2.98. The molecule has 2 aliphatic carbocycles. The number of nitrogens with two attached hydrogens (primary N) is 1. The highest BCUT2D eigenvalue weighted by Crippen LogP contribution is 2.31. The summed E-state index contributed by atoms with van der Waals surface area (Å²) in [5.41, 5.74) is 7.34. The largest absolute Gasteiger partial charge is 0.349 e. The van der Waals surface area contributed by atoms with Crippen molar-refractivity contribution in [2.75, 3.05) is 6.54 Å². The molecule has 3 nitrogen and oxygen atoms in total. The van der Waals surface area contributed by atoms with Crippen molar-refractivity contribution < 1.29 is 4.79 Å². The summed E-state index contributed by atoms with van der Waals surface area (Å²) in [5.74, 6) is 0.0566. The SMILES string of the molecule is Cl.NC1(CNC(=O)c2cc3c(s2)CCC3)CCC1. The second-order valence-electron chi connectivity index (χ2n) is 5.31. The van der Waals surface area contributed by atoms with E-state index in [0.29, 0.717) is 6.54 Å². The molecule has 0 bridgehead atoms. The van der Waals surface area contributed by atoms with Gasteiger partial charge in [0.2, 0.25) is 0 Å². The van der Waals surface area contributed by atoms with E-state index in [1.165, 1.54) is 23.3 Å². The number of carbonyl (C=O) groups is 1. The molecule has 0 saturated heterocycles. The Morgan fingerprint density at radius 2 is 2.17 bits per heavy atom. The van der Waals surface area contributed by atoms with Crippen LogP contribution in [0.2, 0.25) is 0 Å². The molecule has 0 aromatic carbocycles. The first kappa shape index (κ1) is 13.8. The predicted octanol–water partition coefficient (Wildman–Crippen LogP) is 2.27. The third-order valence-electron chi connectivity index (χ3n) is 3.92. The standard InChI is InChI=1S/C13H18N2OS.ClH/c14-13(5-2-6-13)8-15-12(16)11-7-9-3-1-4-10(9)17-11;/h7H,1-6,8,14H2,(H,15,16);1H. The maximum atomic E-state index is 12.0. The van der Waals surface area contributed by atoms with Crippen molar-refractivity contribution >= 4 is 29.7 Å². The Morgan fingerprint density at radius 3 is 2.78 bits per heavy atom. The minimum atomic E-state index is -0.129. The Kier molecular flexibility index (Phi) is 3.99. The minimum Gasteiger partial charge on any atom is -0.349 e. The fourth-order valence-electron chi connectivity index (χ4n) is 2.59. The van der Waals surface area contributed by atoms with Crippen LogP contribution in [-0.2, 0) is 12.8 Å². The number of rotatable bonds is 3. The normalized spacial score (nSPS) is 19.6. The van der Waals surface area contributed by atoms with Gasteiger partial charge in [-0.2, -0.15) is 0 Å². The van der Waals surface area contributed by atoms with E-state index >= 15 is 0 Å². The molecule has 1 saturated carbocycles. The van der Waals surface area contributed by atoms with Gasteiger partial charge in [-0.1, -0.05) is 0 Å². The highest BCUT2D eigenvalue weighted by atomic mass is 35.5. The number of hydrogen-bond donors (Lipinski definition) is 2. The van der Waals surface area contributed by atoms with E-state index in [4.69, 9.17) is 5.73 Å². The van der Waals surface area contributed by atoms with Gasteiger partial charge in [0.15, 0.2) is 0 Å². The smallest absolute Gasteiger partial charge is 0.261 e. The van der Waals surface area contributed by atoms with Gasteiger partial charge >= 0.3 is 0 Å². The Morgan fingerprint density at radius 1 is 1.39 bits per heavy atom. The van der Waals surface area contributed by atoms with Crippen LogP contribution in [-0.4, -0.2) is 18.0 Å². The van der Waals surface area contributed by atoms with Gasteiger partial charge in [0, 0.05) is 17.0 Å². The average Bonchev–Trinajstić information content (AvgIpc) is 2.82. The molecular weight excluding hydrogens is 268 g/mol. The Labute approximate surface area is 118 Å². The fraction of sp³-hybridized carbons (Fsp3) is 0.615. The number of hydrogen-bond acceptors (Lipinski definition) is 3. The summed E-state index contributed by atoms with van der Waals surface area (Å²) >= 11 is 1.65. The maximum Gasteiger partial charge on any atom is 0.261 e. The zero-order valence-electron chi connectivity index (χ0n) is 10.3. The lowest BCUT2D eigenvalue weighted by atomic mass is 9.78. The molecule has 1 amide bonds. The van der Waals surface area contributed by atoms with Crippen LogP contribution < -0.4 is 11.1 Å². The van der Waals surface area contributed by atoms with Crippen molar-refractivity contribution in [3.8, 4) is 0 Å². The predicted molar refractivity (Wildman–Crippen MR) is 76.7 cm³/mol. The van der Waals surface area contributed by atoms with Crippen molar-refractivity contribution in [3.63, 3.8) is 0 Å². The molecule has 0 unspecified atom stereocenters. The molecule has 1 aromatic heterocycles. The highest BCUT2D eigenvalue weighted by Gasteiger charge is 2.32. The van der Waals surface area contributed by atoms with E-state index in [9.17, 15) is 4.79 Å². The van der Waals surface area contributed by atoms with Crippen LogP contribution in [0.1, 0.15) is 45.8 Å². The molecule has 3 N–H and O–H groups in total. The van der Waals surface area contributed by atoms with Gasteiger partial charge in [0.05, 0.1) is 4.88 Å². The summed E-state index contributed by atoms with van der Waals surface area (Å²) in [6.45, 7) is 0.619. The van der Waals surface area contributed by atoms with Crippen LogP contribution in [0.15, 0.2) is 6.07 Å². The molecule has 1 heterocycles. The molecule has 100 valence electrons. The molecule has 0 atom stereocenters. The third-order valence-corrected chi connectivity index (χ3v) is 5.16. The van der Waals surface area contributed by atoms with Crippen LogP contribution >= 0.6 is 23.7 Å². The second kappa shape index (κ2) is 5.19. The Bertz CT molecular complexity index is 432. The Hall–Kier alpha value is -0.580. The number of thiophene rings is 1. The van der Waals surface area contributed by atoms with Crippen molar-refractivity contribution in [3.05, 3.63) is 21.4 Å². The number of nitrogens with one attached hydrogen (secondary N) is 1. The summed E-state index contributed by atoms with van der Waals surface area (Å²) in [4.78, 5) is 14.2. The van der Waals surface area contributed by atoms with E-state index in [-0.39, 0.29) is 23.9 Å². The van der Waals surface area contributed by atoms with E-state index < -0.39 is 0 Å². The van der Waals surface area contributed by atoms with Gasteiger partial charge in [0.1, 0.15) is 0 Å². The number of fused-ring (bicyclic) bond motifs is 1. The van der Waals surface area contributed by atoms with Crippen LogP contribution in [0.4, 0.5) is 0 Å². The third kappa shape index (κ3) is 2.56. The fourth-order valence-corrected chi connectivity index (χ4v) is 3.76. The first-order chi connectivity index (χ1) is 8.16. The molecule has 0 aliphatic heterocycles. The van der Waals surface area contributed by atoms with Crippen LogP contribution in [0.5, 0.6) is 0 Å². The summed E-state index contributed by atoms with van der Waals surface area (Å²) in [6.07, 6.45) is 6.80. The minimum absolute atomic E-state index is 0. The van der Waals surface area contributed by atoms with Gasteiger partial charge in [0.25, 0.3) is 5.91 Å². The van der Waals surface area contributed by atoms with Crippen molar-refractivity contribution in [2.24, 2.45) is 5.73 Å². The van der Waals surface area contributed by atoms with Gasteiger partial charge in [-0.05, 0) is 50.2 Å². The summed E-state index contributed by atoms with van der Waals surface area (Å²) < 4.78 is 0. The first-order valence-corrected chi connectivity index (χ1v) is 7.17. The first-order valence-electron chi connectivity index (χ1n) is 6.35. The van der Waals surface area contributed by atoms with E-state index in [2.05, 4.69) is 11.4 Å². The molecule has 1 fully saturated rings. The molecule has 18 heavy (non-hydrogen) atoms. The lowest BCUT2D eigenvalue weighted by Crippen LogP contribution is -2.54. The van der Waals surface area contributed by atoms with Crippen LogP contribution in [0.3, 0.4) is 0 Å². The molecule has 0 spiro atoms. The number of amides is 1. The van der Waals surface area contributed by atoms with Crippen LogP contribution in [0, 0.1) is 0 Å². The van der Waals surface area contributed by atoms with Crippen LogP contribution in [0.25, 0.3) is 0 Å². The van der Waals surface area contributed by atoms with Gasteiger partial charge in [-0.3, -0.25) is 4.79 Å². The molecule has 5 heteroatoms. The van der Waals surface area contributed by atoms with Crippen molar-refractivity contribution in [2.45, 2.75) is 44.1 Å². The van der Waals surface area contributed by atoms with Gasteiger partial charge in [-0.15, -0.1) is 23.7 Å². The maximum absolute atomic E-state index is 12.0. The van der Waals surface area contributed by atoms with Gasteiger partial charge < -0.3 is 11.1 Å². The lowest BCUT2D eigenvalue weighted by molar-refractivity contribution is 0.0934. The number of carbonyl (C=O) groups excluding carboxylic acids is 1. The van der Waals surface area contributed by atoms with Crippen molar-refractivity contribution in [1.82, 2.24) is 5.32 Å². The van der Waals surface area contributed by atoms with E-state index in [1.807, 2.05) is 0 Å².